The zero-order chi connectivity index (χ0) is 12.3. The van der Waals surface area contributed by atoms with E-state index < -0.39 is 0 Å². The lowest BCUT2D eigenvalue weighted by molar-refractivity contribution is 0.914. The van der Waals surface area contributed by atoms with Crippen LogP contribution in [0.2, 0.25) is 0 Å². The Labute approximate surface area is 106 Å². The minimum absolute atomic E-state index is 0.496. The van der Waals surface area contributed by atoms with E-state index in [0.29, 0.717) is 5.66 Å². The standard InChI is InChI=1S/C16H19P/c1-12-7-6-8-13(2)15(12)11-16(17)14-9-4-3-5-10-14/h3-10,16H,11,17H2,1-2H3. The molecule has 88 valence electrons. The molecule has 0 heterocycles. The van der Waals surface area contributed by atoms with Gasteiger partial charge < -0.3 is 0 Å². The molecule has 2 atom stereocenters. The third kappa shape index (κ3) is 2.96. The average Bonchev–Trinajstić information content (AvgIpc) is 2.35. The molecule has 0 N–H and O–H groups in total. The van der Waals surface area contributed by atoms with Gasteiger partial charge in [-0.15, -0.1) is 9.24 Å². The van der Waals surface area contributed by atoms with E-state index in [9.17, 15) is 0 Å². The molecule has 0 fully saturated rings. The molecule has 0 aliphatic carbocycles. The van der Waals surface area contributed by atoms with Gasteiger partial charge in [0.2, 0.25) is 0 Å². The molecule has 0 nitrogen and oxygen atoms in total. The second-order valence-electron chi connectivity index (χ2n) is 4.59. The summed E-state index contributed by atoms with van der Waals surface area (Å²) in [5.41, 5.74) is 6.16. The van der Waals surface area contributed by atoms with Crippen molar-refractivity contribution in [3.8, 4) is 0 Å². The summed E-state index contributed by atoms with van der Waals surface area (Å²) in [6.45, 7) is 4.40. The van der Waals surface area contributed by atoms with E-state index in [-0.39, 0.29) is 0 Å². The monoisotopic (exact) mass is 242 g/mol. The summed E-state index contributed by atoms with van der Waals surface area (Å²) in [5.74, 6) is 0. The fourth-order valence-electron chi connectivity index (χ4n) is 2.21. The van der Waals surface area contributed by atoms with E-state index >= 15 is 0 Å². The molecule has 0 radical (unpaired) electrons. The van der Waals surface area contributed by atoms with Gasteiger partial charge in [0.25, 0.3) is 0 Å². The van der Waals surface area contributed by atoms with E-state index in [1.807, 2.05) is 0 Å². The summed E-state index contributed by atoms with van der Waals surface area (Å²) in [6.07, 6.45) is 1.09. The maximum atomic E-state index is 2.97. The summed E-state index contributed by atoms with van der Waals surface area (Å²) in [4.78, 5) is 0. The lowest BCUT2D eigenvalue weighted by Gasteiger charge is -2.15. The first kappa shape index (κ1) is 12.3. The highest BCUT2D eigenvalue weighted by atomic mass is 31.0. The second kappa shape index (κ2) is 5.47. The van der Waals surface area contributed by atoms with Crippen LogP contribution in [0.3, 0.4) is 0 Å². The number of hydrogen-bond donors (Lipinski definition) is 0. The normalized spacial score (nSPS) is 12.4. The van der Waals surface area contributed by atoms with Crippen LogP contribution >= 0.6 is 9.24 Å². The molecule has 0 spiro atoms. The Bertz CT molecular complexity index is 468. The molecular weight excluding hydrogens is 223 g/mol. The van der Waals surface area contributed by atoms with Crippen molar-refractivity contribution in [3.05, 3.63) is 70.8 Å². The summed E-state index contributed by atoms with van der Waals surface area (Å²) in [5, 5.41) is 0. The highest BCUT2D eigenvalue weighted by Gasteiger charge is 2.09. The van der Waals surface area contributed by atoms with Crippen LogP contribution in [0, 0.1) is 13.8 Å². The van der Waals surface area contributed by atoms with Crippen molar-refractivity contribution >= 4 is 9.24 Å². The van der Waals surface area contributed by atoms with Gasteiger partial charge in [0.1, 0.15) is 0 Å². The fraction of sp³-hybridized carbons (Fsp3) is 0.250. The Morgan fingerprint density at radius 1 is 0.882 bits per heavy atom. The third-order valence-corrected chi connectivity index (χ3v) is 3.92. The molecule has 2 aromatic carbocycles. The Morgan fingerprint density at radius 2 is 1.47 bits per heavy atom. The van der Waals surface area contributed by atoms with E-state index in [0.717, 1.165) is 6.42 Å². The predicted octanol–water partition coefficient (Wildman–Crippen LogP) is 4.46. The fourth-order valence-corrected chi connectivity index (χ4v) is 2.67. The SMILES string of the molecule is Cc1cccc(C)c1CC(P)c1ccccc1. The Morgan fingerprint density at radius 3 is 2.06 bits per heavy atom. The summed E-state index contributed by atoms with van der Waals surface area (Å²) < 4.78 is 0. The smallest absolute Gasteiger partial charge is 0.00259 e. The number of aryl methyl sites for hydroxylation is 2. The third-order valence-electron chi connectivity index (χ3n) is 3.30. The topological polar surface area (TPSA) is 0 Å². The first-order valence-corrected chi connectivity index (χ1v) is 6.71. The molecule has 0 bridgehead atoms. The van der Waals surface area contributed by atoms with Crippen molar-refractivity contribution in [1.29, 1.82) is 0 Å². The molecule has 0 saturated heterocycles. The quantitative estimate of drug-likeness (QED) is 0.697. The minimum atomic E-state index is 0.496. The maximum Gasteiger partial charge on any atom is 0.00259 e. The molecule has 0 amide bonds. The predicted molar refractivity (Wildman–Crippen MR) is 78.5 cm³/mol. The minimum Gasteiger partial charge on any atom is -0.129 e. The highest BCUT2D eigenvalue weighted by molar-refractivity contribution is 7.17. The molecule has 17 heavy (non-hydrogen) atoms. The van der Waals surface area contributed by atoms with Crippen LogP contribution in [0.1, 0.15) is 27.9 Å². The van der Waals surface area contributed by atoms with Crippen LogP contribution in [0.4, 0.5) is 0 Å². The van der Waals surface area contributed by atoms with Crippen molar-refractivity contribution in [3.63, 3.8) is 0 Å². The van der Waals surface area contributed by atoms with Crippen molar-refractivity contribution in [2.45, 2.75) is 25.9 Å². The van der Waals surface area contributed by atoms with Gasteiger partial charge in [-0.3, -0.25) is 0 Å². The number of hydrogen-bond acceptors (Lipinski definition) is 0. The molecule has 2 aromatic rings. The van der Waals surface area contributed by atoms with E-state index in [2.05, 4.69) is 71.6 Å². The summed E-state index contributed by atoms with van der Waals surface area (Å²) in [7, 11) is 2.97. The van der Waals surface area contributed by atoms with Crippen LogP contribution in [0.15, 0.2) is 48.5 Å². The first-order valence-electron chi connectivity index (χ1n) is 6.04. The maximum absolute atomic E-state index is 2.97. The first-order chi connectivity index (χ1) is 8.18. The van der Waals surface area contributed by atoms with Gasteiger partial charge in [0.05, 0.1) is 0 Å². The summed E-state index contributed by atoms with van der Waals surface area (Å²) >= 11 is 0. The Kier molecular flexibility index (Phi) is 3.97. The highest BCUT2D eigenvalue weighted by Crippen LogP contribution is 2.29. The van der Waals surface area contributed by atoms with E-state index in [4.69, 9.17) is 0 Å². The van der Waals surface area contributed by atoms with Gasteiger partial charge in [0.15, 0.2) is 0 Å². The molecule has 0 aliphatic heterocycles. The molecule has 1 heteroatoms. The van der Waals surface area contributed by atoms with E-state index in [1.54, 1.807) is 0 Å². The molecule has 2 rings (SSSR count). The van der Waals surface area contributed by atoms with Crippen molar-refractivity contribution in [1.82, 2.24) is 0 Å². The summed E-state index contributed by atoms with van der Waals surface area (Å²) in [6, 6.07) is 17.2. The lowest BCUT2D eigenvalue weighted by atomic mass is 9.96. The Balaban J connectivity index is 2.22. The average molecular weight is 242 g/mol. The van der Waals surface area contributed by atoms with Crippen molar-refractivity contribution in [2.24, 2.45) is 0 Å². The molecule has 2 unspecified atom stereocenters. The van der Waals surface area contributed by atoms with Gasteiger partial charge in [-0.1, -0.05) is 48.5 Å². The molecule has 0 aliphatic rings. The molecule has 0 saturated carbocycles. The van der Waals surface area contributed by atoms with Crippen LogP contribution in [-0.4, -0.2) is 0 Å². The Hall–Kier alpha value is -1.13. The van der Waals surface area contributed by atoms with Crippen molar-refractivity contribution < 1.29 is 0 Å². The van der Waals surface area contributed by atoms with Gasteiger partial charge >= 0.3 is 0 Å². The zero-order valence-corrected chi connectivity index (χ0v) is 11.6. The number of benzene rings is 2. The molecule has 0 aromatic heterocycles. The van der Waals surface area contributed by atoms with Crippen molar-refractivity contribution in [2.75, 3.05) is 0 Å². The van der Waals surface area contributed by atoms with Crippen LogP contribution in [0.5, 0.6) is 0 Å². The number of rotatable bonds is 3. The van der Waals surface area contributed by atoms with Gasteiger partial charge in [0, 0.05) is 5.66 Å². The van der Waals surface area contributed by atoms with Gasteiger partial charge in [-0.25, -0.2) is 0 Å². The second-order valence-corrected chi connectivity index (χ2v) is 5.40. The van der Waals surface area contributed by atoms with Gasteiger partial charge in [-0.05, 0) is 42.5 Å². The zero-order valence-electron chi connectivity index (χ0n) is 10.5. The van der Waals surface area contributed by atoms with Gasteiger partial charge in [-0.2, -0.15) is 0 Å². The van der Waals surface area contributed by atoms with E-state index in [1.165, 1.54) is 22.3 Å². The van der Waals surface area contributed by atoms with Crippen LogP contribution in [0.25, 0.3) is 0 Å². The lowest BCUT2D eigenvalue weighted by Crippen LogP contribution is -1.99. The largest absolute Gasteiger partial charge is 0.129 e. The van der Waals surface area contributed by atoms with Crippen LogP contribution in [-0.2, 0) is 6.42 Å². The molecular formula is C16H19P. The van der Waals surface area contributed by atoms with Crippen LogP contribution < -0.4 is 0 Å².